The molecular formula is C14H22O2. The van der Waals surface area contributed by atoms with Crippen LogP contribution in [0.3, 0.4) is 0 Å². The van der Waals surface area contributed by atoms with Crippen molar-refractivity contribution in [3.8, 4) is 5.75 Å². The lowest BCUT2D eigenvalue weighted by Crippen LogP contribution is -2.03. The summed E-state index contributed by atoms with van der Waals surface area (Å²) < 4.78 is 10.5. The van der Waals surface area contributed by atoms with Crippen molar-refractivity contribution in [2.24, 2.45) is 5.92 Å². The van der Waals surface area contributed by atoms with Crippen LogP contribution < -0.4 is 4.74 Å². The zero-order valence-corrected chi connectivity index (χ0v) is 11.0. The Labute approximate surface area is 98.6 Å². The van der Waals surface area contributed by atoms with Crippen LogP contribution in [-0.4, -0.2) is 13.9 Å². The molecule has 0 heterocycles. The molecule has 1 rings (SSSR count). The molecule has 0 saturated heterocycles. The van der Waals surface area contributed by atoms with Gasteiger partial charge in [-0.3, -0.25) is 0 Å². The molecule has 0 spiro atoms. The zero-order chi connectivity index (χ0) is 12.1. The van der Waals surface area contributed by atoms with E-state index in [2.05, 4.69) is 39.8 Å². The Hall–Kier alpha value is -1.02. The maximum absolute atomic E-state index is 5.54. The fraction of sp³-hybridized carbons (Fsp3) is 0.571. The van der Waals surface area contributed by atoms with Gasteiger partial charge in [0.1, 0.15) is 5.75 Å². The molecule has 0 amide bonds. The number of benzene rings is 1. The van der Waals surface area contributed by atoms with Crippen LogP contribution in [0.1, 0.15) is 30.5 Å². The molecule has 90 valence electrons. The summed E-state index contributed by atoms with van der Waals surface area (Å²) in [6, 6.07) is 4.33. The quantitative estimate of drug-likeness (QED) is 0.710. The Kier molecular flexibility index (Phi) is 4.81. The maximum atomic E-state index is 5.54. The van der Waals surface area contributed by atoms with Crippen molar-refractivity contribution in [1.29, 1.82) is 0 Å². The van der Waals surface area contributed by atoms with Crippen LogP contribution in [0.2, 0.25) is 0 Å². The fourth-order valence-corrected chi connectivity index (χ4v) is 1.81. The number of hydrogen-bond acceptors (Lipinski definition) is 2. The molecule has 0 aliphatic carbocycles. The van der Waals surface area contributed by atoms with Gasteiger partial charge in [0.25, 0.3) is 0 Å². The predicted octanol–water partition coefficient (Wildman–Crippen LogP) is 3.48. The van der Waals surface area contributed by atoms with E-state index in [9.17, 15) is 0 Å². The first-order valence-electron chi connectivity index (χ1n) is 5.76. The van der Waals surface area contributed by atoms with Crippen LogP contribution in [0.4, 0.5) is 0 Å². The second-order valence-electron chi connectivity index (χ2n) is 4.69. The van der Waals surface area contributed by atoms with Crippen molar-refractivity contribution in [3.63, 3.8) is 0 Å². The van der Waals surface area contributed by atoms with E-state index in [4.69, 9.17) is 9.47 Å². The summed E-state index contributed by atoms with van der Waals surface area (Å²) in [5.41, 5.74) is 3.88. The molecule has 0 aromatic heterocycles. The van der Waals surface area contributed by atoms with Crippen molar-refractivity contribution >= 4 is 0 Å². The summed E-state index contributed by atoms with van der Waals surface area (Å²) in [7, 11) is 1.64. The Morgan fingerprint density at radius 1 is 1.12 bits per heavy atom. The Morgan fingerprint density at radius 2 is 1.81 bits per heavy atom. The topological polar surface area (TPSA) is 18.5 Å². The van der Waals surface area contributed by atoms with Gasteiger partial charge in [0, 0.05) is 7.11 Å². The highest BCUT2D eigenvalue weighted by Gasteiger charge is 2.07. The molecular weight excluding hydrogens is 200 g/mol. The van der Waals surface area contributed by atoms with Gasteiger partial charge < -0.3 is 9.47 Å². The minimum atomic E-state index is 0.311. The predicted molar refractivity (Wildman–Crippen MR) is 67.0 cm³/mol. The molecule has 0 N–H and O–H groups in total. The lowest BCUT2D eigenvalue weighted by atomic mass is 9.97. The highest BCUT2D eigenvalue weighted by atomic mass is 16.7. The molecule has 0 bridgehead atoms. The zero-order valence-electron chi connectivity index (χ0n) is 11.0. The number of hydrogen-bond donors (Lipinski definition) is 0. The van der Waals surface area contributed by atoms with E-state index < -0.39 is 0 Å². The van der Waals surface area contributed by atoms with Gasteiger partial charge in [0.15, 0.2) is 6.79 Å². The van der Waals surface area contributed by atoms with E-state index in [0.29, 0.717) is 12.7 Å². The van der Waals surface area contributed by atoms with E-state index in [-0.39, 0.29) is 0 Å². The second kappa shape index (κ2) is 5.90. The summed E-state index contributed by atoms with van der Waals surface area (Å²) >= 11 is 0. The molecule has 0 saturated carbocycles. The Bertz CT molecular complexity index is 343. The lowest BCUT2D eigenvalue weighted by molar-refractivity contribution is 0.0505. The monoisotopic (exact) mass is 222 g/mol. The van der Waals surface area contributed by atoms with Gasteiger partial charge in [-0.25, -0.2) is 0 Å². The number of ether oxygens (including phenoxy) is 2. The van der Waals surface area contributed by atoms with Crippen molar-refractivity contribution < 1.29 is 9.47 Å². The number of aryl methyl sites for hydroxylation is 2. The summed E-state index contributed by atoms with van der Waals surface area (Å²) in [6.45, 7) is 9.00. The fourth-order valence-electron chi connectivity index (χ4n) is 1.81. The van der Waals surface area contributed by atoms with Crippen LogP contribution in [0.25, 0.3) is 0 Å². The third kappa shape index (κ3) is 3.53. The van der Waals surface area contributed by atoms with E-state index in [0.717, 1.165) is 12.2 Å². The maximum Gasteiger partial charge on any atom is 0.188 e. The molecule has 0 unspecified atom stereocenters. The van der Waals surface area contributed by atoms with Crippen LogP contribution in [0.5, 0.6) is 5.75 Å². The van der Waals surface area contributed by atoms with Gasteiger partial charge in [-0.1, -0.05) is 19.9 Å². The molecule has 0 aliphatic rings. The average molecular weight is 222 g/mol. The van der Waals surface area contributed by atoms with Crippen molar-refractivity contribution in [2.75, 3.05) is 13.9 Å². The summed E-state index contributed by atoms with van der Waals surface area (Å²) in [5.74, 6) is 1.60. The first kappa shape index (κ1) is 13.0. The van der Waals surface area contributed by atoms with Gasteiger partial charge in [-0.15, -0.1) is 0 Å². The van der Waals surface area contributed by atoms with Gasteiger partial charge >= 0.3 is 0 Å². The summed E-state index contributed by atoms with van der Waals surface area (Å²) in [6.07, 6.45) is 1.09. The Morgan fingerprint density at radius 3 is 2.38 bits per heavy atom. The first-order valence-corrected chi connectivity index (χ1v) is 5.76. The molecule has 0 aliphatic heterocycles. The molecule has 2 heteroatoms. The van der Waals surface area contributed by atoms with E-state index >= 15 is 0 Å². The third-order valence-electron chi connectivity index (χ3n) is 2.59. The molecule has 0 atom stereocenters. The summed E-state index contributed by atoms with van der Waals surface area (Å²) in [5, 5.41) is 0. The minimum Gasteiger partial charge on any atom is -0.467 e. The van der Waals surface area contributed by atoms with Crippen molar-refractivity contribution in [3.05, 3.63) is 28.8 Å². The van der Waals surface area contributed by atoms with E-state index in [1.165, 1.54) is 16.7 Å². The van der Waals surface area contributed by atoms with Crippen molar-refractivity contribution in [2.45, 2.75) is 34.1 Å². The summed E-state index contributed by atoms with van der Waals surface area (Å²) in [4.78, 5) is 0. The van der Waals surface area contributed by atoms with Gasteiger partial charge in [-0.05, 0) is 48.9 Å². The number of methoxy groups -OCH3 is 1. The average Bonchev–Trinajstić information content (AvgIpc) is 2.20. The first-order chi connectivity index (χ1) is 7.54. The van der Waals surface area contributed by atoms with Gasteiger partial charge in [0.2, 0.25) is 0 Å². The molecule has 2 nitrogen and oxygen atoms in total. The van der Waals surface area contributed by atoms with Crippen LogP contribution in [0, 0.1) is 19.8 Å². The minimum absolute atomic E-state index is 0.311. The molecule has 1 aromatic rings. The standard InChI is InChI=1S/C14H22O2/c1-10(2)6-13-8-14(16-9-15-5)12(4)7-11(13)3/h7-8,10H,6,9H2,1-5H3. The van der Waals surface area contributed by atoms with Crippen LogP contribution in [-0.2, 0) is 11.2 Å². The van der Waals surface area contributed by atoms with Gasteiger partial charge in [0.05, 0.1) is 0 Å². The number of rotatable bonds is 5. The van der Waals surface area contributed by atoms with E-state index in [1.54, 1.807) is 7.11 Å². The highest BCUT2D eigenvalue weighted by molar-refractivity contribution is 5.41. The van der Waals surface area contributed by atoms with Crippen LogP contribution in [0.15, 0.2) is 12.1 Å². The lowest BCUT2D eigenvalue weighted by Gasteiger charge is -2.14. The normalized spacial score (nSPS) is 10.9. The smallest absolute Gasteiger partial charge is 0.188 e. The van der Waals surface area contributed by atoms with Crippen molar-refractivity contribution in [1.82, 2.24) is 0 Å². The van der Waals surface area contributed by atoms with Crippen LogP contribution >= 0.6 is 0 Å². The SMILES string of the molecule is COCOc1cc(CC(C)C)c(C)cc1C. The molecule has 0 radical (unpaired) electrons. The highest BCUT2D eigenvalue weighted by Crippen LogP contribution is 2.24. The molecule has 1 aromatic carbocycles. The van der Waals surface area contributed by atoms with E-state index in [1.807, 2.05) is 0 Å². The third-order valence-corrected chi connectivity index (χ3v) is 2.59. The molecule has 16 heavy (non-hydrogen) atoms. The second-order valence-corrected chi connectivity index (χ2v) is 4.69. The largest absolute Gasteiger partial charge is 0.467 e. The molecule has 0 fully saturated rings. The Balaban J connectivity index is 2.92. The van der Waals surface area contributed by atoms with Gasteiger partial charge in [-0.2, -0.15) is 0 Å².